The molecule has 0 bridgehead atoms. The highest BCUT2D eigenvalue weighted by atomic mass is 32.2. The summed E-state index contributed by atoms with van der Waals surface area (Å²) in [6.45, 7) is 5.05. The minimum absolute atomic E-state index is 0.0697. The zero-order valence-electron chi connectivity index (χ0n) is 14.5. The molecular formula is C17H23N3O4S. The van der Waals surface area contributed by atoms with Crippen LogP contribution in [0.4, 0.5) is 10.5 Å². The number of hydrogen-bond donors (Lipinski definition) is 1. The van der Waals surface area contributed by atoms with E-state index >= 15 is 0 Å². The van der Waals surface area contributed by atoms with Crippen molar-refractivity contribution in [1.29, 1.82) is 0 Å². The number of carbonyl (C=O) groups is 3. The Labute approximate surface area is 151 Å². The molecule has 25 heavy (non-hydrogen) atoms. The fourth-order valence-electron chi connectivity index (χ4n) is 2.47. The molecule has 1 fully saturated rings. The van der Waals surface area contributed by atoms with Crippen LogP contribution in [0.5, 0.6) is 0 Å². The monoisotopic (exact) mass is 365 g/mol. The SMILES string of the molecule is CCOC(=O)c1cccc(NC(=O)N2CCCN2C(=O)CSCC)c1. The molecule has 1 heterocycles. The highest BCUT2D eigenvalue weighted by molar-refractivity contribution is 7.99. The molecule has 0 spiro atoms. The third kappa shape index (κ3) is 5.12. The molecule has 1 aromatic carbocycles. The summed E-state index contributed by atoms with van der Waals surface area (Å²) < 4.78 is 4.96. The van der Waals surface area contributed by atoms with Crippen LogP contribution in [-0.4, -0.2) is 59.1 Å². The largest absolute Gasteiger partial charge is 0.462 e. The van der Waals surface area contributed by atoms with Crippen molar-refractivity contribution in [1.82, 2.24) is 10.0 Å². The maximum Gasteiger partial charge on any atom is 0.340 e. The zero-order chi connectivity index (χ0) is 18.2. The third-order valence-electron chi connectivity index (χ3n) is 3.61. The van der Waals surface area contributed by atoms with Gasteiger partial charge in [-0.2, -0.15) is 11.8 Å². The van der Waals surface area contributed by atoms with E-state index < -0.39 is 5.97 Å². The van der Waals surface area contributed by atoms with Gasteiger partial charge in [-0.1, -0.05) is 13.0 Å². The number of urea groups is 1. The van der Waals surface area contributed by atoms with Crippen LogP contribution in [0, 0.1) is 0 Å². The van der Waals surface area contributed by atoms with Gasteiger partial charge in [0.05, 0.1) is 17.9 Å². The lowest BCUT2D eigenvalue weighted by atomic mass is 10.2. The number of anilines is 1. The lowest BCUT2D eigenvalue weighted by Crippen LogP contribution is -2.47. The smallest absolute Gasteiger partial charge is 0.340 e. The van der Waals surface area contributed by atoms with Crippen molar-refractivity contribution in [3.63, 3.8) is 0 Å². The van der Waals surface area contributed by atoms with Crippen LogP contribution in [0.3, 0.4) is 0 Å². The average Bonchev–Trinajstić information content (AvgIpc) is 3.10. The van der Waals surface area contributed by atoms with Crippen LogP contribution in [0.1, 0.15) is 30.6 Å². The number of ether oxygens (including phenoxy) is 1. The first kappa shape index (κ1) is 19.1. The molecule has 1 saturated heterocycles. The van der Waals surface area contributed by atoms with Crippen molar-refractivity contribution in [2.24, 2.45) is 0 Å². The van der Waals surface area contributed by atoms with Crippen molar-refractivity contribution in [3.05, 3.63) is 29.8 Å². The summed E-state index contributed by atoms with van der Waals surface area (Å²) >= 11 is 1.53. The summed E-state index contributed by atoms with van der Waals surface area (Å²) in [5.74, 6) is 0.707. The zero-order valence-corrected chi connectivity index (χ0v) is 15.3. The van der Waals surface area contributed by atoms with Crippen molar-refractivity contribution >= 4 is 35.4 Å². The van der Waals surface area contributed by atoms with Gasteiger partial charge in [0.1, 0.15) is 0 Å². The van der Waals surface area contributed by atoms with Crippen LogP contribution in [0.15, 0.2) is 24.3 Å². The van der Waals surface area contributed by atoms with E-state index in [1.165, 1.54) is 21.8 Å². The molecule has 0 atom stereocenters. The van der Waals surface area contributed by atoms with Crippen LogP contribution in [-0.2, 0) is 9.53 Å². The number of nitrogens with one attached hydrogen (secondary N) is 1. The van der Waals surface area contributed by atoms with E-state index in [0.717, 1.165) is 12.2 Å². The Morgan fingerprint density at radius 2 is 1.96 bits per heavy atom. The fourth-order valence-corrected chi connectivity index (χ4v) is 3.00. The molecule has 136 valence electrons. The quantitative estimate of drug-likeness (QED) is 0.784. The van der Waals surface area contributed by atoms with Gasteiger partial charge in [-0.15, -0.1) is 0 Å². The second kappa shape index (κ2) is 9.31. The van der Waals surface area contributed by atoms with E-state index in [-0.39, 0.29) is 18.5 Å². The number of carbonyl (C=O) groups excluding carboxylic acids is 3. The molecule has 1 aliphatic rings. The van der Waals surface area contributed by atoms with Gasteiger partial charge in [0.2, 0.25) is 0 Å². The molecule has 1 aromatic rings. The number of hydrazine groups is 1. The summed E-state index contributed by atoms with van der Waals surface area (Å²) in [5, 5.41) is 5.66. The first-order valence-electron chi connectivity index (χ1n) is 8.30. The Morgan fingerprint density at radius 1 is 1.20 bits per heavy atom. The van der Waals surface area contributed by atoms with Crippen LogP contribution < -0.4 is 5.32 Å². The number of benzene rings is 1. The third-order valence-corrected chi connectivity index (χ3v) is 4.47. The molecule has 3 amide bonds. The molecule has 0 radical (unpaired) electrons. The number of thioether (sulfide) groups is 1. The summed E-state index contributed by atoms with van der Waals surface area (Å²) in [7, 11) is 0. The number of nitrogens with zero attached hydrogens (tertiary/aromatic N) is 2. The Kier molecular flexibility index (Phi) is 7.12. The van der Waals surface area contributed by atoms with E-state index in [1.54, 1.807) is 31.2 Å². The Balaban J connectivity index is 2.02. The molecule has 0 unspecified atom stereocenters. The van der Waals surface area contributed by atoms with Crippen molar-refractivity contribution in [2.45, 2.75) is 20.3 Å². The van der Waals surface area contributed by atoms with Gasteiger partial charge >= 0.3 is 12.0 Å². The van der Waals surface area contributed by atoms with Crippen LogP contribution in [0.2, 0.25) is 0 Å². The topological polar surface area (TPSA) is 79.0 Å². The van der Waals surface area contributed by atoms with Gasteiger partial charge in [-0.05, 0) is 37.3 Å². The molecule has 8 heteroatoms. The van der Waals surface area contributed by atoms with E-state index in [2.05, 4.69) is 5.32 Å². The molecule has 7 nitrogen and oxygen atoms in total. The highest BCUT2D eigenvalue weighted by Crippen LogP contribution is 2.17. The maximum atomic E-state index is 12.5. The van der Waals surface area contributed by atoms with Crippen LogP contribution in [0.25, 0.3) is 0 Å². The maximum absolute atomic E-state index is 12.5. The molecular weight excluding hydrogens is 342 g/mol. The summed E-state index contributed by atoms with van der Waals surface area (Å²) in [4.78, 5) is 36.5. The van der Waals surface area contributed by atoms with Gasteiger partial charge in [0.25, 0.3) is 5.91 Å². The lowest BCUT2D eigenvalue weighted by Gasteiger charge is -2.28. The van der Waals surface area contributed by atoms with Crippen molar-refractivity contribution in [3.8, 4) is 0 Å². The molecule has 2 rings (SSSR count). The summed E-state index contributed by atoms with van der Waals surface area (Å²) in [6.07, 6.45) is 0.749. The van der Waals surface area contributed by atoms with E-state index in [0.29, 0.717) is 30.1 Å². The second-order valence-corrected chi connectivity index (χ2v) is 6.64. The molecule has 0 saturated carbocycles. The highest BCUT2D eigenvalue weighted by Gasteiger charge is 2.30. The van der Waals surface area contributed by atoms with E-state index in [9.17, 15) is 14.4 Å². The Morgan fingerprint density at radius 3 is 2.68 bits per heavy atom. The minimum Gasteiger partial charge on any atom is -0.462 e. The molecule has 1 aliphatic heterocycles. The van der Waals surface area contributed by atoms with Gasteiger partial charge < -0.3 is 10.1 Å². The summed E-state index contributed by atoms with van der Waals surface area (Å²) in [6, 6.07) is 6.17. The fraction of sp³-hybridized carbons (Fsp3) is 0.471. The van der Waals surface area contributed by atoms with Gasteiger partial charge in [-0.25, -0.2) is 19.6 Å². The van der Waals surface area contributed by atoms with Gasteiger partial charge in [0.15, 0.2) is 0 Å². The van der Waals surface area contributed by atoms with E-state index in [4.69, 9.17) is 4.74 Å². The lowest BCUT2D eigenvalue weighted by molar-refractivity contribution is -0.136. The van der Waals surface area contributed by atoms with Crippen LogP contribution >= 0.6 is 11.8 Å². The van der Waals surface area contributed by atoms with Gasteiger partial charge in [0, 0.05) is 18.8 Å². The number of hydrogen-bond acceptors (Lipinski definition) is 5. The number of esters is 1. The molecule has 0 aromatic heterocycles. The van der Waals surface area contributed by atoms with Crippen molar-refractivity contribution in [2.75, 3.05) is 36.5 Å². The minimum atomic E-state index is -0.437. The first-order chi connectivity index (χ1) is 12.1. The van der Waals surface area contributed by atoms with Crippen molar-refractivity contribution < 1.29 is 19.1 Å². The normalized spacial score (nSPS) is 13.7. The second-order valence-electron chi connectivity index (χ2n) is 5.36. The molecule has 1 N–H and O–H groups in total. The van der Waals surface area contributed by atoms with E-state index in [1.807, 2.05) is 6.92 Å². The Bertz CT molecular complexity index is 638. The molecule has 0 aliphatic carbocycles. The standard InChI is InChI=1S/C17H23N3O4S/c1-3-24-16(22)13-7-5-8-14(11-13)18-17(23)20-10-6-9-19(20)15(21)12-25-4-2/h5,7-8,11H,3-4,6,9-10,12H2,1-2H3,(H,18,23). The van der Waals surface area contributed by atoms with Gasteiger partial charge in [-0.3, -0.25) is 4.79 Å². The average molecular weight is 365 g/mol. The predicted molar refractivity (Wildman–Crippen MR) is 97.5 cm³/mol. The first-order valence-corrected chi connectivity index (χ1v) is 9.46. The number of amides is 3. The Hall–Kier alpha value is -2.22. The summed E-state index contributed by atoms with van der Waals surface area (Å²) in [5.41, 5.74) is 0.853. The predicted octanol–water partition coefficient (Wildman–Crippen LogP) is 2.60. The number of rotatable bonds is 6.